The summed E-state index contributed by atoms with van der Waals surface area (Å²) in [7, 11) is 5.81. The van der Waals surface area contributed by atoms with E-state index in [-0.39, 0.29) is 6.04 Å². The SMILES string of the molecule is CCCN(CCN(C)C)C(C)C(O)c1ccc(OC)cc1. The van der Waals surface area contributed by atoms with Crippen LogP contribution >= 0.6 is 0 Å². The first-order valence-electron chi connectivity index (χ1n) is 7.70. The molecule has 2 atom stereocenters. The lowest BCUT2D eigenvalue weighted by Gasteiger charge is -2.33. The number of nitrogens with zero attached hydrogens (tertiary/aromatic N) is 2. The Balaban J connectivity index is 2.72. The van der Waals surface area contributed by atoms with Crippen molar-refractivity contribution in [2.75, 3.05) is 40.8 Å². The van der Waals surface area contributed by atoms with Gasteiger partial charge in [0.25, 0.3) is 0 Å². The molecule has 0 aliphatic rings. The summed E-state index contributed by atoms with van der Waals surface area (Å²) in [4.78, 5) is 4.53. The van der Waals surface area contributed by atoms with E-state index in [2.05, 4.69) is 37.7 Å². The van der Waals surface area contributed by atoms with Gasteiger partial charge in [-0.05, 0) is 51.7 Å². The standard InChI is InChI=1S/C17H30N2O2/c1-6-11-19(13-12-18(3)4)14(2)17(20)15-7-9-16(21-5)10-8-15/h7-10,14,17,20H,6,11-13H2,1-5H3. The van der Waals surface area contributed by atoms with Gasteiger partial charge in [-0.3, -0.25) is 4.90 Å². The Morgan fingerprint density at radius 1 is 1.10 bits per heavy atom. The Kier molecular flexibility index (Phi) is 7.72. The van der Waals surface area contributed by atoms with Gasteiger partial charge in [-0.1, -0.05) is 19.1 Å². The van der Waals surface area contributed by atoms with Crippen LogP contribution in [-0.2, 0) is 0 Å². The topological polar surface area (TPSA) is 35.9 Å². The number of hydrogen-bond acceptors (Lipinski definition) is 4. The fourth-order valence-corrected chi connectivity index (χ4v) is 2.41. The molecule has 0 aliphatic heterocycles. The lowest BCUT2D eigenvalue weighted by Crippen LogP contribution is -2.41. The molecule has 120 valence electrons. The van der Waals surface area contributed by atoms with Crippen molar-refractivity contribution in [3.8, 4) is 5.75 Å². The molecule has 0 aliphatic carbocycles. The van der Waals surface area contributed by atoms with Gasteiger partial charge in [0.15, 0.2) is 0 Å². The highest BCUT2D eigenvalue weighted by Crippen LogP contribution is 2.23. The second kappa shape index (κ2) is 9.03. The maximum Gasteiger partial charge on any atom is 0.118 e. The summed E-state index contributed by atoms with van der Waals surface area (Å²) in [5.74, 6) is 0.816. The van der Waals surface area contributed by atoms with Crippen molar-refractivity contribution in [2.45, 2.75) is 32.4 Å². The predicted molar refractivity (Wildman–Crippen MR) is 87.8 cm³/mol. The molecule has 1 aromatic rings. The number of hydrogen-bond donors (Lipinski definition) is 1. The second-order valence-corrected chi connectivity index (χ2v) is 5.80. The molecule has 1 N–H and O–H groups in total. The minimum Gasteiger partial charge on any atom is -0.497 e. The van der Waals surface area contributed by atoms with Crippen LogP contribution in [0.1, 0.15) is 31.9 Å². The first-order valence-corrected chi connectivity index (χ1v) is 7.70. The third-order valence-electron chi connectivity index (χ3n) is 3.84. The molecule has 0 fully saturated rings. The van der Waals surface area contributed by atoms with Gasteiger partial charge >= 0.3 is 0 Å². The third-order valence-corrected chi connectivity index (χ3v) is 3.84. The Morgan fingerprint density at radius 3 is 2.19 bits per heavy atom. The molecule has 0 heterocycles. The van der Waals surface area contributed by atoms with Crippen LogP contribution in [0.5, 0.6) is 5.75 Å². The van der Waals surface area contributed by atoms with Crippen LogP contribution in [0.4, 0.5) is 0 Å². The average molecular weight is 294 g/mol. The van der Waals surface area contributed by atoms with E-state index in [4.69, 9.17) is 4.74 Å². The Labute approximate surface area is 129 Å². The van der Waals surface area contributed by atoms with Crippen LogP contribution in [0.2, 0.25) is 0 Å². The summed E-state index contributed by atoms with van der Waals surface area (Å²) >= 11 is 0. The molecule has 0 bridgehead atoms. The average Bonchev–Trinajstić information content (AvgIpc) is 2.50. The summed E-state index contributed by atoms with van der Waals surface area (Å²) in [6.45, 7) is 7.24. The summed E-state index contributed by atoms with van der Waals surface area (Å²) < 4.78 is 5.16. The molecule has 2 unspecified atom stereocenters. The van der Waals surface area contributed by atoms with Gasteiger partial charge in [0.1, 0.15) is 5.75 Å². The molecule has 0 amide bonds. The summed E-state index contributed by atoms with van der Waals surface area (Å²) in [6.07, 6.45) is 0.609. The number of benzene rings is 1. The number of aliphatic hydroxyl groups excluding tert-OH is 1. The zero-order valence-corrected chi connectivity index (χ0v) is 14.0. The summed E-state index contributed by atoms with van der Waals surface area (Å²) in [5, 5.41) is 10.6. The van der Waals surface area contributed by atoms with E-state index in [1.54, 1.807) is 7.11 Å². The first kappa shape index (κ1) is 18.0. The number of aliphatic hydroxyl groups is 1. The fourth-order valence-electron chi connectivity index (χ4n) is 2.41. The molecule has 0 aromatic heterocycles. The summed E-state index contributed by atoms with van der Waals surface area (Å²) in [5.41, 5.74) is 0.939. The van der Waals surface area contributed by atoms with Gasteiger partial charge in [-0.25, -0.2) is 0 Å². The molecule has 1 aromatic carbocycles. The van der Waals surface area contributed by atoms with Crippen molar-refractivity contribution in [1.29, 1.82) is 0 Å². The van der Waals surface area contributed by atoms with Crippen molar-refractivity contribution in [1.82, 2.24) is 9.80 Å². The second-order valence-electron chi connectivity index (χ2n) is 5.80. The Hall–Kier alpha value is -1.10. The number of likely N-dealkylation sites (N-methyl/N-ethyl adjacent to an activating group) is 1. The van der Waals surface area contributed by atoms with Crippen LogP contribution in [0.15, 0.2) is 24.3 Å². The quantitative estimate of drug-likeness (QED) is 0.758. The Bertz CT molecular complexity index is 392. The smallest absolute Gasteiger partial charge is 0.118 e. The zero-order chi connectivity index (χ0) is 15.8. The van der Waals surface area contributed by atoms with Gasteiger partial charge in [0, 0.05) is 19.1 Å². The highest BCUT2D eigenvalue weighted by Gasteiger charge is 2.22. The molecular weight excluding hydrogens is 264 g/mol. The van der Waals surface area contributed by atoms with E-state index in [1.807, 2.05) is 24.3 Å². The maximum atomic E-state index is 10.6. The fraction of sp³-hybridized carbons (Fsp3) is 0.647. The van der Waals surface area contributed by atoms with Crippen LogP contribution in [0.3, 0.4) is 0 Å². The minimum atomic E-state index is -0.482. The summed E-state index contributed by atoms with van der Waals surface area (Å²) in [6, 6.07) is 7.77. The minimum absolute atomic E-state index is 0.0956. The lowest BCUT2D eigenvalue weighted by molar-refractivity contribution is 0.0541. The normalized spacial score (nSPS) is 14.5. The molecule has 21 heavy (non-hydrogen) atoms. The molecule has 0 radical (unpaired) electrons. The van der Waals surface area contributed by atoms with E-state index < -0.39 is 6.10 Å². The van der Waals surface area contributed by atoms with E-state index in [0.717, 1.165) is 37.4 Å². The largest absolute Gasteiger partial charge is 0.497 e. The van der Waals surface area contributed by atoms with Gasteiger partial charge in [0.2, 0.25) is 0 Å². The number of rotatable bonds is 9. The van der Waals surface area contributed by atoms with Crippen molar-refractivity contribution < 1.29 is 9.84 Å². The van der Waals surface area contributed by atoms with Gasteiger partial charge in [-0.15, -0.1) is 0 Å². The highest BCUT2D eigenvalue weighted by atomic mass is 16.5. The van der Waals surface area contributed by atoms with Gasteiger partial charge < -0.3 is 14.7 Å². The molecule has 4 heteroatoms. The number of methoxy groups -OCH3 is 1. The monoisotopic (exact) mass is 294 g/mol. The van der Waals surface area contributed by atoms with E-state index >= 15 is 0 Å². The van der Waals surface area contributed by atoms with Crippen LogP contribution < -0.4 is 4.74 Å². The Morgan fingerprint density at radius 2 is 1.71 bits per heavy atom. The maximum absolute atomic E-state index is 10.6. The van der Waals surface area contributed by atoms with Crippen molar-refractivity contribution >= 4 is 0 Å². The van der Waals surface area contributed by atoms with Crippen molar-refractivity contribution in [2.24, 2.45) is 0 Å². The molecule has 0 saturated heterocycles. The van der Waals surface area contributed by atoms with Crippen LogP contribution in [-0.4, -0.2) is 61.8 Å². The highest BCUT2D eigenvalue weighted by molar-refractivity contribution is 5.29. The predicted octanol–water partition coefficient (Wildman–Crippen LogP) is 2.39. The molecular formula is C17H30N2O2. The van der Waals surface area contributed by atoms with Crippen LogP contribution in [0.25, 0.3) is 0 Å². The molecule has 1 rings (SSSR count). The first-order chi connectivity index (χ1) is 9.99. The van der Waals surface area contributed by atoms with Crippen molar-refractivity contribution in [3.63, 3.8) is 0 Å². The van der Waals surface area contributed by atoms with E-state index in [0.29, 0.717) is 0 Å². The zero-order valence-electron chi connectivity index (χ0n) is 14.0. The van der Waals surface area contributed by atoms with Crippen molar-refractivity contribution in [3.05, 3.63) is 29.8 Å². The number of ether oxygens (including phenoxy) is 1. The van der Waals surface area contributed by atoms with E-state index in [1.165, 1.54) is 0 Å². The van der Waals surface area contributed by atoms with Gasteiger partial charge in [-0.2, -0.15) is 0 Å². The van der Waals surface area contributed by atoms with E-state index in [9.17, 15) is 5.11 Å². The van der Waals surface area contributed by atoms with Gasteiger partial charge in [0.05, 0.1) is 13.2 Å². The molecule has 4 nitrogen and oxygen atoms in total. The third kappa shape index (κ3) is 5.65. The molecule has 0 saturated carbocycles. The molecule has 0 spiro atoms. The lowest BCUT2D eigenvalue weighted by atomic mass is 10.0. The van der Waals surface area contributed by atoms with Crippen LogP contribution in [0, 0.1) is 0 Å².